The number of halogens is 5. The Bertz CT molecular complexity index is 1270. The second-order valence-corrected chi connectivity index (χ2v) is 6.61. The van der Waals surface area contributed by atoms with Crippen LogP contribution in [0.4, 0.5) is 22.0 Å². The number of fused-ring (bicyclic) bond motifs is 3. The summed E-state index contributed by atoms with van der Waals surface area (Å²) in [6.45, 7) is -0.305. The van der Waals surface area contributed by atoms with Crippen molar-refractivity contribution in [2.75, 3.05) is 0 Å². The van der Waals surface area contributed by atoms with E-state index in [-0.39, 0.29) is 17.7 Å². The highest BCUT2D eigenvalue weighted by Gasteiger charge is 2.34. The third-order valence-electron chi connectivity index (χ3n) is 4.82. The largest absolute Gasteiger partial charge is 0.416 e. The number of primary amides is 1. The highest BCUT2D eigenvalue weighted by molar-refractivity contribution is 6.17. The van der Waals surface area contributed by atoms with Crippen molar-refractivity contribution in [1.29, 1.82) is 0 Å². The maximum Gasteiger partial charge on any atom is 0.416 e. The first-order valence-electron chi connectivity index (χ1n) is 8.52. The Morgan fingerprint density at radius 1 is 0.931 bits per heavy atom. The lowest BCUT2D eigenvalue weighted by atomic mass is 10.1. The highest BCUT2D eigenvalue weighted by Crippen LogP contribution is 2.36. The number of nitrogens with two attached hydrogens (primary N) is 1. The molecule has 0 unspecified atom stereocenters. The Labute approximate surface area is 161 Å². The molecule has 3 aromatic carbocycles. The van der Waals surface area contributed by atoms with E-state index in [4.69, 9.17) is 5.73 Å². The molecule has 0 saturated carbocycles. The molecule has 3 nitrogen and oxygen atoms in total. The number of carbonyl (C=O) groups is 1. The van der Waals surface area contributed by atoms with E-state index in [0.29, 0.717) is 27.9 Å². The Morgan fingerprint density at radius 3 is 2.31 bits per heavy atom. The monoisotopic (exact) mass is 404 g/mol. The van der Waals surface area contributed by atoms with Crippen molar-refractivity contribution in [3.8, 4) is 0 Å². The zero-order chi connectivity index (χ0) is 20.9. The molecule has 2 N–H and O–H groups in total. The van der Waals surface area contributed by atoms with Crippen LogP contribution in [0.3, 0.4) is 0 Å². The molecule has 0 bridgehead atoms. The molecular formula is C21H13F5N2O. The van der Waals surface area contributed by atoms with E-state index in [9.17, 15) is 26.7 Å². The fourth-order valence-corrected chi connectivity index (χ4v) is 3.61. The number of alkyl halides is 3. The van der Waals surface area contributed by atoms with Crippen LogP contribution in [0.15, 0.2) is 54.6 Å². The van der Waals surface area contributed by atoms with Crippen LogP contribution in [-0.4, -0.2) is 10.5 Å². The van der Waals surface area contributed by atoms with Crippen molar-refractivity contribution < 1.29 is 26.7 Å². The lowest BCUT2D eigenvalue weighted by Gasteiger charge is -2.15. The van der Waals surface area contributed by atoms with E-state index < -0.39 is 29.3 Å². The minimum atomic E-state index is -4.76. The molecule has 0 aliphatic carbocycles. The zero-order valence-electron chi connectivity index (χ0n) is 14.7. The minimum Gasteiger partial charge on any atom is -0.366 e. The average Bonchev–Trinajstić information content (AvgIpc) is 2.95. The SMILES string of the molecule is NC(=O)c1cccc2c1c1ccc(F)cc1n2Cc1ccc(F)cc1C(F)(F)F. The van der Waals surface area contributed by atoms with Crippen LogP contribution < -0.4 is 5.73 Å². The maximum atomic E-state index is 13.9. The van der Waals surface area contributed by atoms with Crippen molar-refractivity contribution in [2.24, 2.45) is 5.73 Å². The van der Waals surface area contributed by atoms with Gasteiger partial charge in [0.25, 0.3) is 0 Å². The molecule has 1 amide bonds. The van der Waals surface area contributed by atoms with E-state index in [2.05, 4.69) is 0 Å². The number of carbonyl (C=O) groups excluding carboxylic acids is 1. The number of amides is 1. The first kappa shape index (κ1) is 18.9. The molecule has 0 fully saturated rings. The van der Waals surface area contributed by atoms with Gasteiger partial charge >= 0.3 is 6.18 Å². The van der Waals surface area contributed by atoms with Crippen LogP contribution in [0, 0.1) is 11.6 Å². The maximum absolute atomic E-state index is 13.9. The van der Waals surface area contributed by atoms with Gasteiger partial charge in [0.15, 0.2) is 0 Å². The summed E-state index contributed by atoms with van der Waals surface area (Å²) in [7, 11) is 0. The number of nitrogens with zero attached hydrogens (tertiary/aromatic N) is 1. The summed E-state index contributed by atoms with van der Waals surface area (Å²) in [6, 6.07) is 10.9. The average molecular weight is 404 g/mol. The van der Waals surface area contributed by atoms with Crippen molar-refractivity contribution in [2.45, 2.75) is 12.7 Å². The molecule has 1 aromatic heterocycles. The normalized spacial score (nSPS) is 12.0. The Balaban J connectivity index is 2.03. The quantitative estimate of drug-likeness (QED) is 0.467. The Hall–Kier alpha value is -3.42. The number of benzene rings is 3. The molecule has 148 valence electrons. The number of hydrogen-bond acceptors (Lipinski definition) is 1. The van der Waals surface area contributed by atoms with Gasteiger partial charge in [0, 0.05) is 22.9 Å². The van der Waals surface area contributed by atoms with Crippen molar-refractivity contribution in [1.82, 2.24) is 4.57 Å². The summed E-state index contributed by atoms with van der Waals surface area (Å²) >= 11 is 0. The van der Waals surface area contributed by atoms with Crippen LogP contribution in [0.1, 0.15) is 21.5 Å². The van der Waals surface area contributed by atoms with Gasteiger partial charge in [0.05, 0.1) is 16.6 Å². The molecule has 0 saturated heterocycles. The summed E-state index contributed by atoms with van der Waals surface area (Å²) in [5.41, 5.74) is 5.03. The van der Waals surface area contributed by atoms with Gasteiger partial charge in [0.2, 0.25) is 5.91 Å². The predicted octanol–water partition coefficient (Wildman–Crippen LogP) is 5.24. The van der Waals surface area contributed by atoms with Crippen LogP contribution >= 0.6 is 0 Å². The second kappa shape index (κ2) is 6.58. The fraction of sp³-hybridized carbons (Fsp3) is 0.0952. The summed E-state index contributed by atoms with van der Waals surface area (Å²) in [5, 5.41) is 0.900. The summed E-state index contributed by atoms with van der Waals surface area (Å²) in [5.74, 6) is -2.31. The van der Waals surface area contributed by atoms with Gasteiger partial charge in [-0.05, 0) is 48.0 Å². The van der Waals surface area contributed by atoms with Gasteiger partial charge in [-0.25, -0.2) is 8.78 Å². The van der Waals surface area contributed by atoms with Crippen molar-refractivity contribution in [3.63, 3.8) is 0 Å². The number of rotatable bonds is 3. The van der Waals surface area contributed by atoms with Gasteiger partial charge in [0.1, 0.15) is 11.6 Å². The molecular weight excluding hydrogens is 391 g/mol. The van der Waals surface area contributed by atoms with Crippen LogP contribution in [0.5, 0.6) is 0 Å². The molecule has 8 heteroatoms. The lowest BCUT2D eigenvalue weighted by molar-refractivity contribution is -0.138. The highest BCUT2D eigenvalue weighted by atomic mass is 19.4. The van der Waals surface area contributed by atoms with Crippen molar-refractivity contribution in [3.05, 3.63) is 82.9 Å². The van der Waals surface area contributed by atoms with E-state index in [1.807, 2.05) is 0 Å². The Kier molecular flexibility index (Phi) is 4.29. The van der Waals surface area contributed by atoms with Gasteiger partial charge in [-0.1, -0.05) is 12.1 Å². The van der Waals surface area contributed by atoms with Gasteiger partial charge in [-0.3, -0.25) is 4.79 Å². The predicted molar refractivity (Wildman–Crippen MR) is 98.4 cm³/mol. The smallest absolute Gasteiger partial charge is 0.366 e. The molecule has 1 heterocycles. The Morgan fingerprint density at radius 2 is 1.62 bits per heavy atom. The van der Waals surface area contributed by atoms with Gasteiger partial charge in [-0.15, -0.1) is 0 Å². The summed E-state index contributed by atoms with van der Waals surface area (Å²) in [6.07, 6.45) is -4.76. The zero-order valence-corrected chi connectivity index (χ0v) is 14.7. The number of aromatic nitrogens is 1. The first-order chi connectivity index (χ1) is 13.7. The summed E-state index contributed by atoms with van der Waals surface area (Å²) < 4.78 is 69.1. The van der Waals surface area contributed by atoms with Crippen molar-refractivity contribution >= 4 is 27.7 Å². The van der Waals surface area contributed by atoms with Crippen LogP contribution in [0.2, 0.25) is 0 Å². The third-order valence-corrected chi connectivity index (χ3v) is 4.82. The molecule has 0 atom stereocenters. The van der Waals surface area contributed by atoms with Gasteiger partial charge < -0.3 is 10.3 Å². The fourth-order valence-electron chi connectivity index (χ4n) is 3.61. The standard InChI is InChI=1S/C21H13F5N2O/c22-12-5-4-11(16(8-12)21(24,25)26)10-28-17-3-1-2-15(20(27)29)19(17)14-7-6-13(23)9-18(14)28/h1-9H,10H2,(H2,27,29). The van der Waals surface area contributed by atoms with E-state index in [1.165, 1.54) is 28.8 Å². The minimum absolute atomic E-state index is 0.174. The molecule has 4 rings (SSSR count). The number of hydrogen-bond donors (Lipinski definition) is 1. The molecule has 0 spiro atoms. The van der Waals surface area contributed by atoms with E-state index in [0.717, 1.165) is 12.1 Å². The third kappa shape index (κ3) is 3.20. The molecule has 29 heavy (non-hydrogen) atoms. The first-order valence-corrected chi connectivity index (χ1v) is 8.52. The van der Waals surface area contributed by atoms with E-state index in [1.54, 1.807) is 12.1 Å². The molecule has 0 radical (unpaired) electrons. The van der Waals surface area contributed by atoms with E-state index >= 15 is 0 Å². The van der Waals surface area contributed by atoms with Gasteiger partial charge in [-0.2, -0.15) is 13.2 Å². The topological polar surface area (TPSA) is 48.0 Å². The lowest BCUT2D eigenvalue weighted by Crippen LogP contribution is -2.13. The summed E-state index contributed by atoms with van der Waals surface area (Å²) in [4.78, 5) is 11.9. The molecule has 4 aromatic rings. The molecule has 0 aliphatic rings. The second-order valence-electron chi connectivity index (χ2n) is 6.61. The van der Waals surface area contributed by atoms with Crippen LogP contribution in [-0.2, 0) is 12.7 Å². The molecule has 0 aliphatic heterocycles. The van der Waals surface area contributed by atoms with Crippen LogP contribution in [0.25, 0.3) is 21.8 Å².